The van der Waals surface area contributed by atoms with Crippen LogP contribution in [0.15, 0.2) is 45.7 Å². The van der Waals surface area contributed by atoms with Crippen LogP contribution >= 0.6 is 15.9 Å². The lowest BCUT2D eigenvalue weighted by atomic mass is 10.3. The average molecular weight is 350 g/mol. The number of anilines is 1. The molecule has 0 saturated carbocycles. The number of hydrogen-bond acceptors (Lipinski definition) is 3. The van der Waals surface area contributed by atoms with E-state index in [1.807, 2.05) is 19.1 Å². The third-order valence-corrected chi connectivity index (χ3v) is 3.45. The number of amides is 1. The predicted octanol–water partition coefficient (Wildman–Crippen LogP) is 3.06. The first-order valence-corrected chi connectivity index (χ1v) is 7.54. The van der Waals surface area contributed by atoms with Crippen LogP contribution in [0.4, 0.5) is 5.69 Å². The summed E-state index contributed by atoms with van der Waals surface area (Å²) in [6.45, 7) is 2.56. The van der Waals surface area contributed by atoms with Crippen molar-refractivity contribution in [2.45, 2.75) is 26.3 Å². The van der Waals surface area contributed by atoms with Crippen molar-refractivity contribution in [2.75, 3.05) is 5.32 Å². The van der Waals surface area contributed by atoms with Gasteiger partial charge < -0.3 is 5.32 Å². The minimum absolute atomic E-state index is 0.191. The maximum atomic E-state index is 12.1. The second-order valence-electron chi connectivity index (χ2n) is 4.59. The van der Waals surface area contributed by atoms with Gasteiger partial charge in [-0.1, -0.05) is 29.3 Å². The number of nitrogens with one attached hydrogen (secondary N) is 1. The molecule has 1 N–H and O–H groups in total. The first-order chi connectivity index (χ1) is 10.1. The van der Waals surface area contributed by atoms with Crippen LogP contribution in [0, 0.1) is 0 Å². The molecule has 0 unspecified atom stereocenters. The van der Waals surface area contributed by atoms with E-state index >= 15 is 0 Å². The van der Waals surface area contributed by atoms with Crippen molar-refractivity contribution in [3.8, 4) is 0 Å². The molecule has 0 radical (unpaired) electrons. The highest BCUT2D eigenvalue weighted by Gasteiger charge is 2.09. The summed E-state index contributed by atoms with van der Waals surface area (Å²) in [5.41, 5.74) is 0.716. The number of hydrogen-bond donors (Lipinski definition) is 1. The second kappa shape index (κ2) is 7.17. The van der Waals surface area contributed by atoms with Crippen LogP contribution in [0.3, 0.4) is 0 Å². The van der Waals surface area contributed by atoms with Crippen molar-refractivity contribution >= 4 is 27.5 Å². The van der Waals surface area contributed by atoms with Crippen LogP contribution in [0.1, 0.15) is 30.3 Å². The topological polar surface area (TPSA) is 64.0 Å². The Morgan fingerprint density at radius 1 is 1.24 bits per heavy atom. The van der Waals surface area contributed by atoms with E-state index in [0.29, 0.717) is 12.2 Å². The zero-order chi connectivity index (χ0) is 15.2. The molecular formula is C15H16BrN3O2. The highest BCUT2D eigenvalue weighted by Crippen LogP contribution is 2.14. The van der Waals surface area contributed by atoms with Gasteiger partial charge in [-0.05, 0) is 36.8 Å². The molecule has 110 valence electrons. The van der Waals surface area contributed by atoms with Gasteiger partial charge in [-0.15, -0.1) is 0 Å². The minimum atomic E-state index is -0.331. The molecule has 0 bridgehead atoms. The Bertz CT molecular complexity index is 680. The lowest BCUT2D eigenvalue weighted by molar-refractivity contribution is 0.102. The maximum Gasteiger partial charge on any atom is 0.276 e. The fourth-order valence-corrected chi connectivity index (χ4v) is 2.03. The smallest absolute Gasteiger partial charge is 0.276 e. The van der Waals surface area contributed by atoms with Crippen molar-refractivity contribution in [2.24, 2.45) is 0 Å². The summed E-state index contributed by atoms with van der Waals surface area (Å²) >= 11 is 3.34. The molecule has 0 aliphatic heterocycles. The normalized spacial score (nSPS) is 10.4. The van der Waals surface area contributed by atoms with Crippen molar-refractivity contribution in [3.63, 3.8) is 0 Å². The van der Waals surface area contributed by atoms with Gasteiger partial charge in [0.25, 0.3) is 11.5 Å². The summed E-state index contributed by atoms with van der Waals surface area (Å²) in [4.78, 5) is 23.8. The molecule has 0 saturated heterocycles. The zero-order valence-corrected chi connectivity index (χ0v) is 13.3. The molecule has 1 amide bonds. The second-order valence-corrected chi connectivity index (χ2v) is 5.51. The number of unbranched alkanes of at least 4 members (excludes halogenated alkanes) is 1. The molecule has 0 fully saturated rings. The molecule has 0 spiro atoms. The van der Waals surface area contributed by atoms with Gasteiger partial charge in [0, 0.05) is 22.8 Å². The summed E-state index contributed by atoms with van der Waals surface area (Å²) in [5.74, 6) is -0.331. The largest absolute Gasteiger partial charge is 0.321 e. The van der Waals surface area contributed by atoms with Gasteiger partial charge >= 0.3 is 0 Å². The Hall–Kier alpha value is -1.95. The monoisotopic (exact) mass is 349 g/mol. The highest BCUT2D eigenvalue weighted by molar-refractivity contribution is 9.10. The van der Waals surface area contributed by atoms with Crippen LogP contribution < -0.4 is 10.9 Å². The molecule has 0 atom stereocenters. The van der Waals surface area contributed by atoms with E-state index in [9.17, 15) is 9.59 Å². The number of carbonyl (C=O) groups excluding carboxylic acids is 1. The summed E-state index contributed by atoms with van der Waals surface area (Å²) in [7, 11) is 0. The van der Waals surface area contributed by atoms with Gasteiger partial charge in [-0.25, -0.2) is 4.68 Å². The van der Waals surface area contributed by atoms with E-state index in [4.69, 9.17) is 0 Å². The Morgan fingerprint density at radius 2 is 1.95 bits per heavy atom. The van der Waals surface area contributed by atoms with Crippen LogP contribution in [-0.2, 0) is 6.54 Å². The van der Waals surface area contributed by atoms with Crippen molar-refractivity contribution < 1.29 is 4.79 Å². The van der Waals surface area contributed by atoms with Gasteiger partial charge in [-0.2, -0.15) is 5.10 Å². The van der Waals surface area contributed by atoms with Crippen molar-refractivity contribution in [3.05, 3.63) is 56.9 Å². The van der Waals surface area contributed by atoms with Crippen LogP contribution in [0.25, 0.3) is 0 Å². The fourth-order valence-electron chi connectivity index (χ4n) is 1.77. The van der Waals surface area contributed by atoms with E-state index < -0.39 is 0 Å². The van der Waals surface area contributed by atoms with E-state index in [-0.39, 0.29) is 17.2 Å². The average Bonchev–Trinajstić information content (AvgIpc) is 2.48. The number of rotatable bonds is 5. The van der Waals surface area contributed by atoms with Gasteiger partial charge in [-0.3, -0.25) is 9.59 Å². The van der Waals surface area contributed by atoms with Gasteiger partial charge in [0.15, 0.2) is 0 Å². The molecule has 1 heterocycles. The third-order valence-electron chi connectivity index (χ3n) is 2.92. The number of carbonyl (C=O) groups is 1. The Morgan fingerprint density at radius 3 is 2.62 bits per heavy atom. The molecule has 21 heavy (non-hydrogen) atoms. The van der Waals surface area contributed by atoms with Gasteiger partial charge in [0.1, 0.15) is 5.69 Å². The zero-order valence-electron chi connectivity index (χ0n) is 11.7. The molecule has 0 aliphatic carbocycles. The molecular weight excluding hydrogens is 334 g/mol. The van der Waals surface area contributed by atoms with Gasteiger partial charge in [0.05, 0.1) is 0 Å². The van der Waals surface area contributed by atoms with E-state index in [1.54, 1.807) is 12.1 Å². The number of nitrogens with zero attached hydrogens (tertiary/aromatic N) is 2. The van der Waals surface area contributed by atoms with Crippen LogP contribution in [0.2, 0.25) is 0 Å². The van der Waals surface area contributed by atoms with Crippen LogP contribution in [0.5, 0.6) is 0 Å². The Balaban J connectivity index is 2.15. The third kappa shape index (κ3) is 4.26. The lowest BCUT2D eigenvalue weighted by Crippen LogP contribution is -2.26. The number of benzene rings is 1. The summed E-state index contributed by atoms with van der Waals surface area (Å²) in [5, 5.41) is 6.86. The fraction of sp³-hybridized carbons (Fsp3) is 0.267. The summed E-state index contributed by atoms with van der Waals surface area (Å²) in [6, 6.07) is 10.1. The molecule has 5 nitrogen and oxygen atoms in total. The SMILES string of the molecule is CCCCn1nc(C(=O)Nc2ccc(Br)cc2)ccc1=O. The molecule has 0 aliphatic rings. The number of halogens is 1. The molecule has 2 rings (SSSR count). The first kappa shape index (κ1) is 15.4. The first-order valence-electron chi connectivity index (χ1n) is 6.75. The predicted molar refractivity (Wildman–Crippen MR) is 85.5 cm³/mol. The van der Waals surface area contributed by atoms with Crippen molar-refractivity contribution in [1.82, 2.24) is 9.78 Å². The molecule has 1 aromatic heterocycles. The summed E-state index contributed by atoms with van der Waals surface area (Å²) in [6.07, 6.45) is 1.81. The van der Waals surface area contributed by atoms with E-state index in [2.05, 4.69) is 26.3 Å². The van der Waals surface area contributed by atoms with E-state index in [1.165, 1.54) is 16.8 Å². The lowest BCUT2D eigenvalue weighted by Gasteiger charge is -2.07. The molecule has 2 aromatic rings. The van der Waals surface area contributed by atoms with Gasteiger partial charge in [0.2, 0.25) is 0 Å². The highest BCUT2D eigenvalue weighted by atomic mass is 79.9. The van der Waals surface area contributed by atoms with E-state index in [0.717, 1.165) is 17.3 Å². The molecule has 1 aromatic carbocycles. The Labute approximate surface area is 131 Å². The standard InChI is InChI=1S/C15H16BrN3O2/c1-2-3-10-19-14(20)9-8-13(18-19)15(21)17-12-6-4-11(16)5-7-12/h4-9H,2-3,10H2,1H3,(H,17,21). The summed E-state index contributed by atoms with van der Waals surface area (Å²) < 4.78 is 2.27. The maximum absolute atomic E-state index is 12.1. The van der Waals surface area contributed by atoms with Crippen molar-refractivity contribution in [1.29, 1.82) is 0 Å². The quantitative estimate of drug-likeness (QED) is 0.902. The van der Waals surface area contributed by atoms with Crippen LogP contribution in [-0.4, -0.2) is 15.7 Å². The minimum Gasteiger partial charge on any atom is -0.321 e. The number of aryl methyl sites for hydroxylation is 1. The Kier molecular flexibility index (Phi) is 5.27. The number of aromatic nitrogens is 2. The molecule has 6 heteroatoms.